The fourth-order valence-corrected chi connectivity index (χ4v) is 4.27. The molecule has 4 rings (SSSR count). The molecule has 0 bridgehead atoms. The molecule has 1 heterocycles. The molecular formula is C34H39N2O8+. The third-order valence-electron chi connectivity index (χ3n) is 6.57. The highest BCUT2D eigenvalue weighted by Gasteiger charge is 2.20. The second-order valence-corrected chi connectivity index (χ2v) is 9.71. The van der Waals surface area contributed by atoms with E-state index in [1.807, 2.05) is 72.8 Å². The molecule has 0 saturated heterocycles. The number of carbonyl (C=O) groups excluding carboxylic acids is 2. The standard InChI is InChI=1S/C34H39N2O8/c1-39-17-18-40-19-20-41-21-22-42-23-24-43-34(38)44-27-35-15-13-30(14-16-35)33(37)36(26-28-7-3-2-4-8-28)32-12-11-29-9-5-6-10-31(29)25-32/h2-16,25H,17-24,26-27H2,1H3/q+1. The number of pyridine rings is 1. The Hall–Kier alpha value is -4.35. The average molecular weight is 604 g/mol. The second kappa shape index (κ2) is 18.3. The normalized spacial score (nSPS) is 10.9. The first-order valence-electron chi connectivity index (χ1n) is 14.5. The van der Waals surface area contributed by atoms with Crippen LogP contribution < -0.4 is 9.47 Å². The van der Waals surface area contributed by atoms with Gasteiger partial charge < -0.3 is 33.3 Å². The van der Waals surface area contributed by atoms with Gasteiger partial charge in [0.2, 0.25) is 0 Å². The quantitative estimate of drug-likeness (QED) is 0.0911. The van der Waals surface area contributed by atoms with Gasteiger partial charge in [0, 0.05) is 24.9 Å². The number of methoxy groups -OCH3 is 1. The smallest absolute Gasteiger partial charge is 0.432 e. The number of fused-ring (bicyclic) bond motifs is 1. The first-order chi connectivity index (χ1) is 21.6. The van der Waals surface area contributed by atoms with Crippen LogP contribution in [0.1, 0.15) is 15.9 Å². The molecule has 1 amide bonds. The Kier molecular flexibility index (Phi) is 13.6. The summed E-state index contributed by atoms with van der Waals surface area (Å²) in [5.74, 6) is -0.141. The molecule has 1 aromatic heterocycles. The zero-order valence-corrected chi connectivity index (χ0v) is 25.0. The monoisotopic (exact) mass is 603 g/mol. The number of aromatic nitrogens is 1. The van der Waals surface area contributed by atoms with Crippen LogP contribution in [-0.4, -0.2) is 72.0 Å². The Morgan fingerprint density at radius 2 is 1.27 bits per heavy atom. The predicted molar refractivity (Wildman–Crippen MR) is 164 cm³/mol. The number of rotatable bonds is 18. The SMILES string of the molecule is COCCOCCOCCOCCOC(=O)OC[n+]1ccc(C(=O)N(Cc2ccccc2)c2ccc3ccccc3c2)cc1. The van der Waals surface area contributed by atoms with Crippen LogP contribution in [0.2, 0.25) is 0 Å². The van der Waals surface area contributed by atoms with E-state index in [4.69, 9.17) is 28.4 Å². The minimum absolute atomic E-state index is 0.0586. The molecule has 0 radical (unpaired) electrons. The lowest BCUT2D eigenvalue weighted by Crippen LogP contribution is -2.37. The summed E-state index contributed by atoms with van der Waals surface area (Å²) >= 11 is 0. The summed E-state index contributed by atoms with van der Waals surface area (Å²) in [4.78, 5) is 27.5. The Balaban J connectivity index is 1.22. The van der Waals surface area contributed by atoms with Crippen LogP contribution in [0.15, 0.2) is 97.3 Å². The minimum Gasteiger partial charge on any atom is -0.432 e. The number of amides is 1. The van der Waals surface area contributed by atoms with Crippen LogP contribution in [0.3, 0.4) is 0 Å². The molecule has 0 N–H and O–H groups in total. The molecule has 10 heteroatoms. The summed E-state index contributed by atoms with van der Waals surface area (Å²) in [6.45, 7) is 3.49. The predicted octanol–water partition coefficient (Wildman–Crippen LogP) is 4.78. The molecule has 0 spiro atoms. The molecule has 232 valence electrons. The van der Waals surface area contributed by atoms with Crippen molar-refractivity contribution in [3.63, 3.8) is 0 Å². The molecular weight excluding hydrogens is 564 g/mol. The zero-order valence-electron chi connectivity index (χ0n) is 25.0. The van der Waals surface area contributed by atoms with E-state index >= 15 is 0 Å². The van der Waals surface area contributed by atoms with Gasteiger partial charge in [-0.3, -0.25) is 4.79 Å². The van der Waals surface area contributed by atoms with Crippen molar-refractivity contribution < 1.29 is 42.6 Å². The van der Waals surface area contributed by atoms with Crippen molar-refractivity contribution in [2.24, 2.45) is 0 Å². The fourth-order valence-electron chi connectivity index (χ4n) is 4.27. The lowest BCUT2D eigenvalue weighted by atomic mass is 10.1. The van der Waals surface area contributed by atoms with Gasteiger partial charge in [-0.2, -0.15) is 4.57 Å². The summed E-state index contributed by atoms with van der Waals surface area (Å²) in [5.41, 5.74) is 2.33. The van der Waals surface area contributed by atoms with E-state index in [2.05, 4.69) is 0 Å². The van der Waals surface area contributed by atoms with E-state index < -0.39 is 6.16 Å². The van der Waals surface area contributed by atoms with Crippen molar-refractivity contribution >= 4 is 28.5 Å². The molecule has 0 fully saturated rings. The largest absolute Gasteiger partial charge is 0.513 e. The van der Waals surface area contributed by atoms with Crippen molar-refractivity contribution in [2.45, 2.75) is 13.3 Å². The van der Waals surface area contributed by atoms with Crippen LogP contribution in [0, 0.1) is 0 Å². The van der Waals surface area contributed by atoms with Gasteiger partial charge >= 0.3 is 6.16 Å². The molecule has 44 heavy (non-hydrogen) atoms. The molecule has 0 aliphatic heterocycles. The summed E-state index contributed by atoms with van der Waals surface area (Å²) in [6.07, 6.45) is 2.57. The molecule has 4 aromatic rings. The van der Waals surface area contributed by atoms with Crippen LogP contribution >= 0.6 is 0 Å². The van der Waals surface area contributed by atoms with Crippen molar-refractivity contribution in [1.29, 1.82) is 0 Å². The maximum atomic E-state index is 13.7. The van der Waals surface area contributed by atoms with Gasteiger partial charge in [0.15, 0.2) is 12.4 Å². The third-order valence-corrected chi connectivity index (χ3v) is 6.57. The van der Waals surface area contributed by atoms with Crippen molar-refractivity contribution in [1.82, 2.24) is 0 Å². The molecule has 0 aliphatic carbocycles. The van der Waals surface area contributed by atoms with Crippen LogP contribution in [0.25, 0.3) is 10.8 Å². The van der Waals surface area contributed by atoms with E-state index in [0.717, 1.165) is 22.0 Å². The Bertz CT molecular complexity index is 1430. The van der Waals surface area contributed by atoms with Crippen molar-refractivity contribution in [3.05, 3.63) is 108 Å². The van der Waals surface area contributed by atoms with Gasteiger partial charge in [-0.05, 0) is 28.5 Å². The maximum Gasteiger partial charge on any atom is 0.513 e. The summed E-state index contributed by atoms with van der Waals surface area (Å²) < 4.78 is 32.8. The molecule has 3 aromatic carbocycles. The highest BCUT2D eigenvalue weighted by molar-refractivity contribution is 6.06. The first-order valence-corrected chi connectivity index (χ1v) is 14.5. The summed E-state index contributed by atoms with van der Waals surface area (Å²) in [7, 11) is 1.62. The van der Waals surface area contributed by atoms with E-state index in [1.54, 1.807) is 41.1 Å². The molecule has 0 unspecified atom stereocenters. The highest BCUT2D eigenvalue weighted by Crippen LogP contribution is 2.25. The maximum absolute atomic E-state index is 13.7. The number of hydrogen-bond donors (Lipinski definition) is 0. The van der Waals surface area contributed by atoms with Crippen molar-refractivity contribution in [3.8, 4) is 0 Å². The van der Waals surface area contributed by atoms with E-state index in [0.29, 0.717) is 51.7 Å². The van der Waals surface area contributed by atoms with Gasteiger partial charge in [0.05, 0.1) is 58.4 Å². The number of nitrogens with zero attached hydrogens (tertiary/aromatic N) is 2. The number of carbonyl (C=O) groups is 2. The topological polar surface area (TPSA) is 96.6 Å². The molecule has 0 saturated carbocycles. The van der Waals surface area contributed by atoms with Gasteiger partial charge in [0.25, 0.3) is 12.6 Å². The molecule has 10 nitrogen and oxygen atoms in total. The van der Waals surface area contributed by atoms with Gasteiger partial charge in [-0.25, -0.2) is 4.79 Å². The number of benzene rings is 3. The number of hydrogen-bond acceptors (Lipinski definition) is 8. The van der Waals surface area contributed by atoms with E-state index in [-0.39, 0.29) is 25.9 Å². The minimum atomic E-state index is -0.809. The summed E-state index contributed by atoms with van der Waals surface area (Å²) in [5, 5.41) is 2.17. The van der Waals surface area contributed by atoms with E-state index in [1.165, 1.54) is 0 Å². The van der Waals surface area contributed by atoms with Crippen molar-refractivity contribution in [2.75, 3.05) is 64.9 Å². The number of anilines is 1. The highest BCUT2D eigenvalue weighted by atomic mass is 16.7. The average Bonchev–Trinajstić information content (AvgIpc) is 3.07. The Morgan fingerprint density at radius 3 is 1.95 bits per heavy atom. The van der Waals surface area contributed by atoms with Gasteiger partial charge in [-0.1, -0.05) is 60.7 Å². The molecule has 0 aliphatic rings. The number of ether oxygens (including phenoxy) is 6. The second-order valence-electron chi connectivity index (χ2n) is 9.71. The van der Waals surface area contributed by atoms with Crippen LogP contribution in [0.4, 0.5) is 10.5 Å². The van der Waals surface area contributed by atoms with E-state index in [9.17, 15) is 9.59 Å². The lowest BCUT2D eigenvalue weighted by molar-refractivity contribution is -0.727. The van der Waals surface area contributed by atoms with Crippen LogP contribution in [0.5, 0.6) is 0 Å². The Morgan fingerprint density at radius 1 is 0.659 bits per heavy atom. The first kappa shape index (κ1) is 32.6. The van der Waals surface area contributed by atoms with Gasteiger partial charge in [-0.15, -0.1) is 0 Å². The summed E-state index contributed by atoms with van der Waals surface area (Å²) in [6, 6.07) is 27.4. The fraction of sp³-hybridized carbons (Fsp3) is 0.324. The lowest BCUT2D eigenvalue weighted by Gasteiger charge is -2.23. The molecule has 0 atom stereocenters. The van der Waals surface area contributed by atoms with Crippen LogP contribution in [-0.2, 0) is 41.7 Å². The Labute approximate surface area is 257 Å². The van der Waals surface area contributed by atoms with Gasteiger partial charge in [0.1, 0.15) is 6.61 Å². The third kappa shape index (κ3) is 10.7. The zero-order chi connectivity index (χ0) is 30.8.